The molecule has 1 aromatic carbocycles. The van der Waals surface area contributed by atoms with Gasteiger partial charge in [0.25, 0.3) is 0 Å². The number of Topliss-reactive ketones (excluding diaryl/α,β-unsaturated/α-hetero) is 1. The van der Waals surface area contributed by atoms with Crippen LogP contribution in [0.4, 0.5) is 0 Å². The Morgan fingerprint density at radius 2 is 2.16 bits per heavy atom. The molecule has 4 nitrogen and oxygen atoms in total. The molecule has 1 heterocycles. The monoisotopic (exact) mass is 283 g/mol. The van der Waals surface area contributed by atoms with Gasteiger partial charge in [0.1, 0.15) is 5.75 Å². The minimum atomic E-state index is -0.559. The lowest BCUT2D eigenvalue weighted by atomic mass is 9.74. The fourth-order valence-electron chi connectivity index (χ4n) is 2.43. The third-order valence-corrected chi connectivity index (χ3v) is 3.96. The zero-order valence-electron chi connectivity index (χ0n) is 10.9. The van der Waals surface area contributed by atoms with E-state index in [9.17, 15) is 4.79 Å². The van der Waals surface area contributed by atoms with Crippen LogP contribution in [-0.4, -0.2) is 32.7 Å². The highest BCUT2D eigenvalue weighted by molar-refractivity contribution is 6.31. The van der Waals surface area contributed by atoms with Crippen LogP contribution in [0.15, 0.2) is 18.2 Å². The molecule has 1 aliphatic rings. The van der Waals surface area contributed by atoms with Crippen molar-refractivity contribution >= 4 is 17.4 Å². The molecule has 104 valence electrons. The van der Waals surface area contributed by atoms with Crippen LogP contribution in [0.2, 0.25) is 5.02 Å². The smallest absolute Gasteiger partial charge is 0.174 e. The first-order valence-corrected chi connectivity index (χ1v) is 6.67. The maximum absolute atomic E-state index is 12.8. The molecule has 1 aromatic rings. The third kappa shape index (κ3) is 2.76. The van der Waals surface area contributed by atoms with E-state index in [0.29, 0.717) is 48.9 Å². The van der Waals surface area contributed by atoms with Crippen LogP contribution in [-0.2, 0) is 4.74 Å². The van der Waals surface area contributed by atoms with Crippen LogP contribution >= 0.6 is 11.6 Å². The maximum Gasteiger partial charge on any atom is 0.174 e. The third-order valence-electron chi connectivity index (χ3n) is 3.73. The number of hydrogen-bond donors (Lipinski definition) is 1. The molecular weight excluding hydrogens is 266 g/mol. The first-order chi connectivity index (χ1) is 9.13. The van der Waals surface area contributed by atoms with Gasteiger partial charge in [-0.3, -0.25) is 4.79 Å². The lowest BCUT2D eigenvalue weighted by molar-refractivity contribution is 0.0199. The average Bonchev–Trinajstić information content (AvgIpc) is 2.47. The first kappa shape index (κ1) is 14.3. The van der Waals surface area contributed by atoms with Crippen molar-refractivity contribution in [2.75, 3.05) is 26.9 Å². The summed E-state index contributed by atoms with van der Waals surface area (Å²) >= 11 is 5.98. The van der Waals surface area contributed by atoms with E-state index in [4.69, 9.17) is 26.8 Å². The number of halogens is 1. The number of ketones is 1. The first-order valence-electron chi connectivity index (χ1n) is 6.29. The molecule has 0 aromatic heterocycles. The highest BCUT2D eigenvalue weighted by atomic mass is 35.5. The van der Waals surface area contributed by atoms with Crippen molar-refractivity contribution in [3.05, 3.63) is 28.8 Å². The molecule has 0 aliphatic carbocycles. The molecule has 2 rings (SSSR count). The Bertz CT molecular complexity index is 470. The number of carbonyl (C=O) groups excluding carboxylic acids is 1. The Kier molecular flexibility index (Phi) is 4.45. The van der Waals surface area contributed by atoms with E-state index < -0.39 is 5.41 Å². The highest BCUT2D eigenvalue weighted by Crippen LogP contribution is 2.36. The van der Waals surface area contributed by atoms with Crippen LogP contribution in [0, 0.1) is 5.41 Å². The number of benzene rings is 1. The van der Waals surface area contributed by atoms with Crippen molar-refractivity contribution in [1.82, 2.24) is 0 Å². The van der Waals surface area contributed by atoms with Gasteiger partial charge in [-0.1, -0.05) is 11.6 Å². The quantitative estimate of drug-likeness (QED) is 0.861. The summed E-state index contributed by atoms with van der Waals surface area (Å²) in [4.78, 5) is 12.8. The molecule has 1 fully saturated rings. The summed E-state index contributed by atoms with van der Waals surface area (Å²) in [5.74, 6) is 0.534. The minimum absolute atomic E-state index is 0.00218. The summed E-state index contributed by atoms with van der Waals surface area (Å²) in [5, 5.41) is 0.517. The second-order valence-corrected chi connectivity index (χ2v) is 5.21. The summed E-state index contributed by atoms with van der Waals surface area (Å²) in [6.07, 6.45) is 1.27. The summed E-state index contributed by atoms with van der Waals surface area (Å²) in [7, 11) is 1.54. The fraction of sp³-hybridized carbons (Fsp3) is 0.500. The van der Waals surface area contributed by atoms with Gasteiger partial charge < -0.3 is 15.2 Å². The largest absolute Gasteiger partial charge is 0.496 e. The molecule has 19 heavy (non-hydrogen) atoms. The molecule has 0 atom stereocenters. The zero-order chi connectivity index (χ0) is 13.9. The van der Waals surface area contributed by atoms with Crippen molar-refractivity contribution in [1.29, 1.82) is 0 Å². The Labute approximate surface area is 117 Å². The summed E-state index contributed by atoms with van der Waals surface area (Å²) < 4.78 is 10.6. The lowest BCUT2D eigenvalue weighted by Crippen LogP contribution is -2.43. The van der Waals surface area contributed by atoms with Gasteiger partial charge in [0, 0.05) is 24.8 Å². The van der Waals surface area contributed by atoms with Gasteiger partial charge in [0.2, 0.25) is 0 Å². The number of ether oxygens (including phenoxy) is 2. The van der Waals surface area contributed by atoms with E-state index in [-0.39, 0.29) is 5.78 Å². The van der Waals surface area contributed by atoms with E-state index in [0.717, 1.165) is 0 Å². The number of hydrogen-bond acceptors (Lipinski definition) is 4. The SMILES string of the molecule is COc1ccc(Cl)cc1C(=O)C1(CN)CCOCC1. The topological polar surface area (TPSA) is 61.5 Å². The van der Waals surface area contributed by atoms with Crippen LogP contribution in [0.3, 0.4) is 0 Å². The normalized spacial score (nSPS) is 18.1. The van der Waals surface area contributed by atoms with Crippen molar-refractivity contribution in [3.8, 4) is 5.75 Å². The summed E-state index contributed by atoms with van der Waals surface area (Å²) in [6, 6.07) is 5.06. The number of carbonyl (C=O) groups is 1. The van der Waals surface area contributed by atoms with Gasteiger partial charge in [-0.25, -0.2) is 0 Å². The van der Waals surface area contributed by atoms with Crippen LogP contribution in [0.25, 0.3) is 0 Å². The summed E-state index contributed by atoms with van der Waals surface area (Å²) in [6.45, 7) is 1.43. The molecule has 2 N–H and O–H groups in total. The van der Waals surface area contributed by atoms with E-state index in [1.165, 1.54) is 0 Å². The Balaban J connectivity index is 2.39. The lowest BCUT2D eigenvalue weighted by Gasteiger charge is -2.34. The van der Waals surface area contributed by atoms with Crippen LogP contribution < -0.4 is 10.5 Å². The van der Waals surface area contributed by atoms with Gasteiger partial charge in [-0.2, -0.15) is 0 Å². The van der Waals surface area contributed by atoms with E-state index in [1.807, 2.05) is 0 Å². The maximum atomic E-state index is 12.8. The van der Waals surface area contributed by atoms with Crippen molar-refractivity contribution in [2.24, 2.45) is 11.1 Å². The standard InChI is InChI=1S/C14H18ClNO3/c1-18-12-3-2-10(15)8-11(12)13(17)14(9-16)4-6-19-7-5-14/h2-3,8H,4-7,9,16H2,1H3. The average molecular weight is 284 g/mol. The van der Waals surface area contributed by atoms with Crippen molar-refractivity contribution in [3.63, 3.8) is 0 Å². The highest BCUT2D eigenvalue weighted by Gasteiger charge is 2.40. The molecule has 0 saturated carbocycles. The Morgan fingerprint density at radius 1 is 1.47 bits per heavy atom. The van der Waals surface area contributed by atoms with Gasteiger partial charge in [0.15, 0.2) is 5.78 Å². The molecule has 5 heteroatoms. The second kappa shape index (κ2) is 5.90. The van der Waals surface area contributed by atoms with Gasteiger partial charge in [-0.05, 0) is 31.0 Å². The van der Waals surface area contributed by atoms with E-state index >= 15 is 0 Å². The number of methoxy groups -OCH3 is 1. The Hall–Kier alpha value is -1.10. The molecular formula is C14H18ClNO3. The molecule has 1 aliphatic heterocycles. The van der Waals surface area contributed by atoms with Crippen molar-refractivity contribution < 1.29 is 14.3 Å². The minimum Gasteiger partial charge on any atom is -0.496 e. The fourth-order valence-corrected chi connectivity index (χ4v) is 2.60. The number of rotatable bonds is 4. The summed E-state index contributed by atoms with van der Waals surface area (Å²) in [5.41, 5.74) is 5.80. The van der Waals surface area contributed by atoms with E-state index in [2.05, 4.69) is 0 Å². The van der Waals surface area contributed by atoms with Crippen LogP contribution in [0.1, 0.15) is 23.2 Å². The number of nitrogens with two attached hydrogens (primary N) is 1. The second-order valence-electron chi connectivity index (χ2n) is 4.77. The zero-order valence-corrected chi connectivity index (χ0v) is 11.7. The van der Waals surface area contributed by atoms with Crippen molar-refractivity contribution in [2.45, 2.75) is 12.8 Å². The molecule has 1 saturated heterocycles. The predicted octanol–water partition coefficient (Wildman–Crippen LogP) is 2.29. The van der Waals surface area contributed by atoms with Gasteiger partial charge >= 0.3 is 0 Å². The molecule has 0 unspecified atom stereocenters. The van der Waals surface area contributed by atoms with Gasteiger partial charge in [0.05, 0.1) is 18.1 Å². The Morgan fingerprint density at radius 3 is 2.74 bits per heavy atom. The molecule has 0 amide bonds. The van der Waals surface area contributed by atoms with E-state index in [1.54, 1.807) is 25.3 Å². The predicted molar refractivity (Wildman–Crippen MR) is 73.9 cm³/mol. The molecule has 0 bridgehead atoms. The van der Waals surface area contributed by atoms with Gasteiger partial charge in [-0.15, -0.1) is 0 Å². The van der Waals surface area contributed by atoms with Crippen LogP contribution in [0.5, 0.6) is 5.75 Å². The molecule has 0 spiro atoms. The molecule has 0 radical (unpaired) electrons.